The van der Waals surface area contributed by atoms with Crippen molar-refractivity contribution in [1.29, 1.82) is 0 Å². The predicted molar refractivity (Wildman–Crippen MR) is 90.7 cm³/mol. The molecule has 0 radical (unpaired) electrons. The molecule has 0 saturated heterocycles. The highest BCUT2D eigenvalue weighted by Gasteiger charge is 2.09. The van der Waals surface area contributed by atoms with Crippen LogP contribution in [0.25, 0.3) is 0 Å². The fourth-order valence-electron chi connectivity index (χ4n) is 1.92. The fraction of sp³-hybridized carbons (Fsp3) is 0.133. The molecule has 6 heteroatoms. The summed E-state index contributed by atoms with van der Waals surface area (Å²) in [5.41, 5.74) is 7.62. The van der Waals surface area contributed by atoms with Crippen molar-refractivity contribution < 1.29 is 9.53 Å². The zero-order chi connectivity index (χ0) is 15.4. The maximum Gasteiger partial charge on any atom is 0.248 e. The average molecular weight is 414 g/mol. The summed E-state index contributed by atoms with van der Waals surface area (Å²) in [6, 6.07) is 11.0. The summed E-state index contributed by atoms with van der Waals surface area (Å²) in [5.74, 6) is 0.360. The number of nitrogens with one attached hydrogen (secondary N) is 1. The molecule has 0 saturated carbocycles. The highest BCUT2D eigenvalue weighted by Crippen LogP contribution is 2.33. The number of nitrogens with two attached hydrogens (primary N) is 1. The molecule has 110 valence electrons. The predicted octanol–water partition coefficient (Wildman–Crippen LogP) is 3.93. The molecule has 0 unspecified atom stereocenters. The third-order valence-electron chi connectivity index (χ3n) is 2.94. The maximum atomic E-state index is 11.0. The Kier molecular flexibility index (Phi) is 5.25. The summed E-state index contributed by atoms with van der Waals surface area (Å²) >= 11 is 6.94. The van der Waals surface area contributed by atoms with Crippen LogP contribution in [0.1, 0.15) is 15.9 Å². The van der Waals surface area contributed by atoms with E-state index in [4.69, 9.17) is 10.5 Å². The molecule has 0 spiro atoms. The van der Waals surface area contributed by atoms with Gasteiger partial charge in [0, 0.05) is 27.8 Å². The van der Waals surface area contributed by atoms with E-state index in [9.17, 15) is 4.79 Å². The van der Waals surface area contributed by atoms with Gasteiger partial charge in [0.1, 0.15) is 5.75 Å². The van der Waals surface area contributed by atoms with Gasteiger partial charge in [-0.05, 0) is 52.3 Å². The van der Waals surface area contributed by atoms with E-state index in [1.54, 1.807) is 19.2 Å². The number of hydrogen-bond acceptors (Lipinski definition) is 3. The van der Waals surface area contributed by atoms with Gasteiger partial charge in [-0.25, -0.2) is 0 Å². The van der Waals surface area contributed by atoms with Crippen molar-refractivity contribution in [2.24, 2.45) is 5.73 Å². The monoisotopic (exact) mass is 412 g/mol. The minimum Gasteiger partial charge on any atom is -0.495 e. The van der Waals surface area contributed by atoms with Crippen molar-refractivity contribution in [1.82, 2.24) is 0 Å². The molecule has 4 nitrogen and oxygen atoms in total. The van der Waals surface area contributed by atoms with E-state index >= 15 is 0 Å². The van der Waals surface area contributed by atoms with Crippen molar-refractivity contribution in [3.63, 3.8) is 0 Å². The lowest BCUT2D eigenvalue weighted by Gasteiger charge is -2.13. The van der Waals surface area contributed by atoms with Gasteiger partial charge in [0.05, 0.1) is 11.6 Å². The molecule has 0 aliphatic carbocycles. The number of hydrogen-bond donors (Lipinski definition) is 2. The van der Waals surface area contributed by atoms with E-state index in [1.807, 2.05) is 24.3 Å². The van der Waals surface area contributed by atoms with E-state index < -0.39 is 5.91 Å². The first-order valence-electron chi connectivity index (χ1n) is 6.17. The minimum absolute atomic E-state index is 0.431. The van der Waals surface area contributed by atoms with Crippen LogP contribution in [0.4, 0.5) is 5.69 Å². The molecule has 2 aromatic carbocycles. The number of primary amides is 1. The molecule has 0 aliphatic heterocycles. The highest BCUT2D eigenvalue weighted by atomic mass is 79.9. The van der Waals surface area contributed by atoms with Crippen molar-refractivity contribution in [3.05, 3.63) is 56.5 Å². The number of carbonyl (C=O) groups is 1. The van der Waals surface area contributed by atoms with E-state index in [1.165, 1.54) is 0 Å². The number of rotatable bonds is 5. The van der Waals surface area contributed by atoms with Crippen LogP contribution in [-0.4, -0.2) is 13.0 Å². The number of anilines is 1. The Morgan fingerprint density at radius 3 is 2.48 bits per heavy atom. The van der Waals surface area contributed by atoms with E-state index in [2.05, 4.69) is 37.2 Å². The standard InChI is InChI=1S/C15H14Br2N2O2/c1-21-14-10(6-11(16)7-13(14)17)8-19-12-4-2-9(3-5-12)15(18)20/h2-7,19H,8H2,1H3,(H2,18,20). The molecule has 3 N–H and O–H groups in total. The lowest BCUT2D eigenvalue weighted by atomic mass is 10.1. The Labute approximate surface area is 139 Å². The van der Waals surface area contributed by atoms with Gasteiger partial charge in [0.25, 0.3) is 0 Å². The molecule has 0 aliphatic rings. The van der Waals surface area contributed by atoms with E-state index in [-0.39, 0.29) is 0 Å². The number of ether oxygens (including phenoxy) is 1. The molecule has 1 amide bonds. The summed E-state index contributed by atoms with van der Waals surface area (Å²) in [4.78, 5) is 11.0. The molecular weight excluding hydrogens is 400 g/mol. The van der Waals surface area contributed by atoms with Crippen LogP contribution in [0.5, 0.6) is 5.75 Å². The normalized spacial score (nSPS) is 10.2. The average Bonchev–Trinajstić information content (AvgIpc) is 2.45. The van der Waals surface area contributed by atoms with E-state index in [0.29, 0.717) is 12.1 Å². The van der Waals surface area contributed by atoms with Gasteiger partial charge in [-0.1, -0.05) is 15.9 Å². The quantitative estimate of drug-likeness (QED) is 0.780. The number of benzene rings is 2. The maximum absolute atomic E-state index is 11.0. The number of carbonyl (C=O) groups excluding carboxylic acids is 1. The van der Waals surface area contributed by atoms with Gasteiger partial charge in [-0.2, -0.15) is 0 Å². The zero-order valence-corrected chi connectivity index (χ0v) is 14.5. The molecule has 21 heavy (non-hydrogen) atoms. The van der Waals surface area contributed by atoms with Crippen LogP contribution in [0.3, 0.4) is 0 Å². The van der Waals surface area contributed by atoms with Crippen LogP contribution in [0.2, 0.25) is 0 Å². The van der Waals surface area contributed by atoms with Crippen LogP contribution >= 0.6 is 31.9 Å². The fourth-order valence-corrected chi connectivity index (χ4v) is 3.40. The van der Waals surface area contributed by atoms with Crippen molar-refractivity contribution in [2.45, 2.75) is 6.54 Å². The molecule has 0 aromatic heterocycles. The van der Waals surface area contributed by atoms with Gasteiger partial charge in [-0.15, -0.1) is 0 Å². The molecule has 0 atom stereocenters. The van der Waals surface area contributed by atoms with Gasteiger partial charge in [0.2, 0.25) is 5.91 Å². The SMILES string of the molecule is COc1c(Br)cc(Br)cc1CNc1ccc(C(N)=O)cc1. The highest BCUT2D eigenvalue weighted by molar-refractivity contribution is 9.11. The Balaban J connectivity index is 2.14. The second-order valence-electron chi connectivity index (χ2n) is 4.38. The van der Waals surface area contributed by atoms with Crippen LogP contribution < -0.4 is 15.8 Å². The van der Waals surface area contributed by atoms with E-state index in [0.717, 1.165) is 25.9 Å². The Morgan fingerprint density at radius 1 is 1.24 bits per heavy atom. The lowest BCUT2D eigenvalue weighted by molar-refractivity contribution is 0.100. The summed E-state index contributed by atoms with van der Waals surface area (Å²) in [6.07, 6.45) is 0. The molecule has 0 fully saturated rings. The van der Waals surface area contributed by atoms with Crippen LogP contribution in [0.15, 0.2) is 45.3 Å². The molecule has 0 bridgehead atoms. The lowest BCUT2D eigenvalue weighted by Crippen LogP contribution is -2.10. The molecule has 2 rings (SSSR count). The van der Waals surface area contributed by atoms with Gasteiger partial charge in [0.15, 0.2) is 0 Å². The summed E-state index contributed by atoms with van der Waals surface area (Å²) in [6.45, 7) is 0.594. The van der Waals surface area contributed by atoms with Crippen LogP contribution in [-0.2, 0) is 6.54 Å². The first kappa shape index (κ1) is 15.9. The molecule has 0 heterocycles. The van der Waals surface area contributed by atoms with Gasteiger partial charge in [-0.3, -0.25) is 4.79 Å². The topological polar surface area (TPSA) is 64.3 Å². The third kappa shape index (κ3) is 3.98. The zero-order valence-electron chi connectivity index (χ0n) is 11.3. The van der Waals surface area contributed by atoms with Gasteiger partial charge < -0.3 is 15.8 Å². The number of halogens is 2. The number of amides is 1. The Hall–Kier alpha value is -1.53. The Morgan fingerprint density at radius 2 is 1.90 bits per heavy atom. The number of methoxy groups -OCH3 is 1. The molecular formula is C15H14Br2N2O2. The smallest absolute Gasteiger partial charge is 0.248 e. The van der Waals surface area contributed by atoms with Crippen LogP contribution in [0, 0.1) is 0 Å². The van der Waals surface area contributed by atoms with Crippen molar-refractivity contribution in [2.75, 3.05) is 12.4 Å². The Bertz CT molecular complexity index is 657. The van der Waals surface area contributed by atoms with Crippen molar-refractivity contribution >= 4 is 43.5 Å². The van der Waals surface area contributed by atoms with Gasteiger partial charge >= 0.3 is 0 Å². The second-order valence-corrected chi connectivity index (χ2v) is 6.15. The minimum atomic E-state index is -0.431. The second kappa shape index (κ2) is 6.95. The molecule has 2 aromatic rings. The third-order valence-corrected chi connectivity index (χ3v) is 3.99. The first-order chi connectivity index (χ1) is 10.0. The summed E-state index contributed by atoms with van der Waals surface area (Å²) in [7, 11) is 1.64. The largest absolute Gasteiger partial charge is 0.495 e. The summed E-state index contributed by atoms with van der Waals surface area (Å²) in [5, 5.41) is 3.28. The summed E-state index contributed by atoms with van der Waals surface area (Å²) < 4.78 is 7.26. The first-order valence-corrected chi connectivity index (χ1v) is 7.75. The van der Waals surface area contributed by atoms with Crippen molar-refractivity contribution in [3.8, 4) is 5.75 Å².